The molecule has 0 atom stereocenters. The molecule has 6 N–H and O–H groups in total. The van der Waals surface area contributed by atoms with Crippen LogP contribution >= 0.6 is 0 Å². The molecule has 12 heteroatoms. The molecule has 1 rings (SSSR count). The van der Waals surface area contributed by atoms with Crippen molar-refractivity contribution in [3.63, 3.8) is 0 Å². The van der Waals surface area contributed by atoms with E-state index in [-0.39, 0.29) is 17.7 Å². The number of hydrogen-bond donors (Lipinski definition) is 4. The molecule has 0 bridgehead atoms. The maximum Gasteiger partial charge on any atom is 0.278 e. The predicted molar refractivity (Wildman–Crippen MR) is 203 cm³/mol. The Bertz CT molecular complexity index is 1290. The lowest BCUT2D eigenvalue weighted by atomic mass is 9.92. The van der Waals surface area contributed by atoms with Gasteiger partial charge in [-0.05, 0) is 76.1 Å². The number of nitrogens with zero attached hydrogens (tertiary/aromatic N) is 1. The Morgan fingerprint density at radius 2 is 1.35 bits per heavy atom. The average molecular weight is 714 g/mol. The van der Waals surface area contributed by atoms with E-state index in [1.54, 1.807) is 18.2 Å². The average Bonchev–Trinajstić information content (AvgIpc) is 3.11. The van der Waals surface area contributed by atoms with E-state index in [1.165, 1.54) is 0 Å². The Balaban J connectivity index is 2.28. The summed E-state index contributed by atoms with van der Waals surface area (Å²) in [5.41, 5.74) is 16.5. The zero-order valence-electron chi connectivity index (χ0n) is 31.7. The molecular formula is C39H63N5O7. The van der Waals surface area contributed by atoms with Crippen LogP contribution in [0.15, 0.2) is 63.8 Å². The number of rotatable bonds is 28. The SMILES string of the molecule is C/C=C(\N)COCCOCCOCCOCCNC(=O)CCCNC(=O)c1ccc(CCC(=C/C)/C(C(=O)/N=C(/N)CCC)=C(/C)CCC)cc1. The molecule has 0 heterocycles. The molecular weight excluding hydrogens is 650 g/mol. The van der Waals surface area contributed by atoms with Gasteiger partial charge in [-0.3, -0.25) is 14.4 Å². The van der Waals surface area contributed by atoms with Crippen LogP contribution in [0.25, 0.3) is 0 Å². The Morgan fingerprint density at radius 3 is 1.94 bits per heavy atom. The van der Waals surface area contributed by atoms with Crippen LogP contribution < -0.4 is 22.1 Å². The largest absolute Gasteiger partial charge is 0.400 e. The molecule has 0 saturated carbocycles. The van der Waals surface area contributed by atoms with Crippen LogP contribution in [0, 0.1) is 0 Å². The van der Waals surface area contributed by atoms with Crippen molar-refractivity contribution in [3.8, 4) is 0 Å². The van der Waals surface area contributed by atoms with Gasteiger partial charge in [-0.2, -0.15) is 4.99 Å². The molecule has 0 aliphatic rings. The lowest BCUT2D eigenvalue weighted by molar-refractivity contribution is -0.121. The number of amidine groups is 1. The van der Waals surface area contributed by atoms with Crippen molar-refractivity contribution in [3.05, 3.63) is 70.0 Å². The van der Waals surface area contributed by atoms with Crippen molar-refractivity contribution < 1.29 is 33.3 Å². The van der Waals surface area contributed by atoms with E-state index in [0.29, 0.717) is 121 Å². The Labute approximate surface area is 305 Å². The maximum absolute atomic E-state index is 13.1. The molecule has 12 nitrogen and oxygen atoms in total. The Morgan fingerprint density at radius 1 is 0.745 bits per heavy atom. The van der Waals surface area contributed by atoms with Gasteiger partial charge in [0.05, 0.1) is 52.9 Å². The standard InChI is InChI=1S/C39H63N5O7/c1-6-11-30(5)37(39(47)44-35(41)12-7-2)32(8-3)17-14-31-15-18-33(19-16-31)38(46)43-20-10-13-36(45)42-21-22-48-23-24-49-25-26-50-27-28-51-29-34(40)9-4/h8-9,15-16,18-19H,6-7,10-14,17,20-29,40H2,1-5H3,(H,42,45)(H,43,46)(H2,41,44,47)/b32-8-,34-9-,37-30+. The van der Waals surface area contributed by atoms with E-state index in [9.17, 15) is 14.4 Å². The monoisotopic (exact) mass is 713 g/mol. The minimum Gasteiger partial charge on any atom is -0.400 e. The fourth-order valence-electron chi connectivity index (χ4n) is 4.94. The summed E-state index contributed by atoms with van der Waals surface area (Å²) in [5.74, 6) is -0.199. The van der Waals surface area contributed by atoms with Crippen molar-refractivity contribution in [1.82, 2.24) is 10.6 Å². The second-order valence-electron chi connectivity index (χ2n) is 12.0. The topological polar surface area (TPSA) is 177 Å². The van der Waals surface area contributed by atoms with Crippen molar-refractivity contribution in [2.75, 3.05) is 65.9 Å². The first-order valence-electron chi connectivity index (χ1n) is 18.2. The van der Waals surface area contributed by atoms with E-state index < -0.39 is 0 Å². The van der Waals surface area contributed by atoms with Crippen LogP contribution in [0.3, 0.4) is 0 Å². The molecule has 0 unspecified atom stereocenters. The van der Waals surface area contributed by atoms with E-state index in [0.717, 1.165) is 36.0 Å². The molecule has 0 radical (unpaired) electrons. The lowest BCUT2D eigenvalue weighted by Gasteiger charge is -2.14. The fourth-order valence-corrected chi connectivity index (χ4v) is 4.94. The number of aliphatic imine (C=N–C) groups is 1. The molecule has 3 amide bonds. The van der Waals surface area contributed by atoms with E-state index in [2.05, 4.69) is 22.5 Å². The van der Waals surface area contributed by atoms with Gasteiger partial charge in [0.1, 0.15) is 5.84 Å². The molecule has 0 aliphatic carbocycles. The molecule has 0 spiro atoms. The summed E-state index contributed by atoms with van der Waals surface area (Å²) in [6.45, 7) is 14.2. The van der Waals surface area contributed by atoms with Crippen molar-refractivity contribution in [1.29, 1.82) is 0 Å². The first kappa shape index (κ1) is 45.2. The summed E-state index contributed by atoms with van der Waals surface area (Å²) in [6.07, 6.45) is 9.15. The summed E-state index contributed by atoms with van der Waals surface area (Å²) in [7, 11) is 0. The van der Waals surface area contributed by atoms with Gasteiger partial charge >= 0.3 is 0 Å². The van der Waals surface area contributed by atoms with Gasteiger partial charge in [0.15, 0.2) is 0 Å². The van der Waals surface area contributed by atoms with E-state index >= 15 is 0 Å². The molecule has 0 saturated heterocycles. The van der Waals surface area contributed by atoms with Gasteiger partial charge in [0.2, 0.25) is 5.91 Å². The number of nitrogens with one attached hydrogen (secondary N) is 2. The third-order valence-electron chi connectivity index (χ3n) is 7.78. The van der Waals surface area contributed by atoms with Crippen molar-refractivity contribution in [2.45, 2.75) is 86.0 Å². The number of amides is 3. The number of nitrogens with two attached hydrogens (primary N) is 2. The first-order valence-corrected chi connectivity index (χ1v) is 18.2. The fraction of sp³-hybridized carbons (Fsp3) is 0.590. The van der Waals surface area contributed by atoms with Crippen LogP contribution in [0.1, 0.15) is 95.5 Å². The first-order chi connectivity index (χ1) is 24.7. The molecule has 51 heavy (non-hydrogen) atoms. The number of benzene rings is 1. The minimum atomic E-state index is -0.278. The van der Waals surface area contributed by atoms with Gasteiger partial charge in [-0.25, -0.2) is 0 Å². The van der Waals surface area contributed by atoms with Crippen LogP contribution in [0.4, 0.5) is 0 Å². The predicted octanol–water partition coefficient (Wildman–Crippen LogP) is 4.92. The van der Waals surface area contributed by atoms with Gasteiger partial charge in [0.25, 0.3) is 11.8 Å². The second kappa shape index (κ2) is 28.8. The van der Waals surface area contributed by atoms with Crippen molar-refractivity contribution in [2.24, 2.45) is 16.5 Å². The van der Waals surface area contributed by atoms with Crippen LogP contribution in [-0.4, -0.2) is 89.5 Å². The smallest absolute Gasteiger partial charge is 0.278 e. The number of allylic oxidation sites excluding steroid dienone is 3. The molecule has 0 aromatic heterocycles. The minimum absolute atomic E-state index is 0.0932. The number of carbonyl (C=O) groups excluding carboxylic acids is 3. The van der Waals surface area contributed by atoms with E-state index in [4.69, 9.17) is 30.4 Å². The van der Waals surface area contributed by atoms with E-state index in [1.807, 2.05) is 45.9 Å². The van der Waals surface area contributed by atoms with Crippen LogP contribution in [-0.2, 0) is 35.0 Å². The van der Waals surface area contributed by atoms with Crippen LogP contribution in [0.5, 0.6) is 0 Å². The summed E-state index contributed by atoms with van der Waals surface area (Å²) in [5, 5.41) is 5.70. The highest BCUT2D eigenvalue weighted by Gasteiger charge is 2.17. The number of ether oxygens (including phenoxy) is 4. The normalized spacial score (nSPS) is 12.8. The summed E-state index contributed by atoms with van der Waals surface area (Å²) < 4.78 is 21.7. The maximum atomic E-state index is 13.1. The number of hydrogen-bond acceptors (Lipinski definition) is 8. The quantitative estimate of drug-likeness (QED) is 0.0309. The third kappa shape index (κ3) is 21.2. The van der Waals surface area contributed by atoms with Gasteiger partial charge < -0.3 is 41.0 Å². The summed E-state index contributed by atoms with van der Waals surface area (Å²) >= 11 is 0. The summed E-state index contributed by atoms with van der Waals surface area (Å²) in [4.78, 5) is 42.1. The molecule has 1 aromatic rings. The molecule has 0 aliphatic heterocycles. The van der Waals surface area contributed by atoms with Crippen LogP contribution in [0.2, 0.25) is 0 Å². The van der Waals surface area contributed by atoms with Crippen molar-refractivity contribution >= 4 is 23.6 Å². The third-order valence-corrected chi connectivity index (χ3v) is 7.78. The lowest BCUT2D eigenvalue weighted by Crippen LogP contribution is -2.29. The number of aryl methyl sites for hydroxylation is 1. The Kier molecular flexibility index (Phi) is 25.5. The van der Waals surface area contributed by atoms with Gasteiger partial charge in [-0.15, -0.1) is 0 Å². The zero-order chi connectivity index (χ0) is 37.7. The highest BCUT2D eigenvalue weighted by molar-refractivity contribution is 6.05. The van der Waals surface area contributed by atoms with Gasteiger partial charge in [0, 0.05) is 42.8 Å². The Hall–Kier alpha value is -3.84. The molecule has 286 valence electrons. The highest BCUT2D eigenvalue weighted by Crippen LogP contribution is 2.25. The highest BCUT2D eigenvalue weighted by atomic mass is 16.6. The molecule has 1 aromatic carbocycles. The number of carbonyl (C=O) groups is 3. The molecule has 0 fully saturated rings. The second-order valence-corrected chi connectivity index (χ2v) is 12.0. The van der Waals surface area contributed by atoms with Gasteiger partial charge in [-0.1, -0.05) is 50.1 Å². The zero-order valence-corrected chi connectivity index (χ0v) is 31.7. The summed E-state index contributed by atoms with van der Waals surface area (Å²) in [6, 6.07) is 7.46.